The number of rotatable bonds is 7. The first-order valence-electron chi connectivity index (χ1n) is 8.56. The number of hydrogen-bond donors (Lipinski definition) is 0. The third-order valence-electron chi connectivity index (χ3n) is 4.33. The van der Waals surface area contributed by atoms with Gasteiger partial charge in [-0.05, 0) is 37.5 Å². The number of ether oxygens (including phenoxy) is 2. The van der Waals surface area contributed by atoms with Crippen LogP contribution in [0.3, 0.4) is 0 Å². The highest BCUT2D eigenvalue weighted by atomic mass is 16.5. The predicted molar refractivity (Wildman–Crippen MR) is 92.6 cm³/mol. The molecular weight excluding hydrogens is 320 g/mol. The molecule has 134 valence electrons. The van der Waals surface area contributed by atoms with E-state index in [-0.39, 0.29) is 11.9 Å². The van der Waals surface area contributed by atoms with E-state index in [9.17, 15) is 4.79 Å². The van der Waals surface area contributed by atoms with Gasteiger partial charge in [0.2, 0.25) is 5.88 Å². The molecule has 3 heterocycles. The van der Waals surface area contributed by atoms with Crippen molar-refractivity contribution >= 4 is 5.91 Å². The third kappa shape index (κ3) is 4.17. The summed E-state index contributed by atoms with van der Waals surface area (Å²) in [4.78, 5) is 19.2. The summed E-state index contributed by atoms with van der Waals surface area (Å²) >= 11 is 0. The summed E-state index contributed by atoms with van der Waals surface area (Å²) < 4.78 is 12.5. The quantitative estimate of drug-likeness (QED) is 0.718. The monoisotopic (exact) mass is 344 g/mol. The molecule has 7 heteroatoms. The molecule has 25 heavy (non-hydrogen) atoms. The molecule has 0 N–H and O–H groups in total. The van der Waals surface area contributed by atoms with Crippen molar-refractivity contribution < 1.29 is 14.3 Å². The van der Waals surface area contributed by atoms with Gasteiger partial charge in [0.15, 0.2) is 0 Å². The van der Waals surface area contributed by atoms with Gasteiger partial charge in [-0.3, -0.25) is 9.48 Å². The van der Waals surface area contributed by atoms with Gasteiger partial charge in [-0.25, -0.2) is 4.98 Å². The molecule has 7 nitrogen and oxygen atoms in total. The van der Waals surface area contributed by atoms with E-state index in [0.29, 0.717) is 31.2 Å². The normalized spacial score (nSPS) is 17.0. The summed E-state index contributed by atoms with van der Waals surface area (Å²) in [7, 11) is 1.61. The Bertz CT molecular complexity index is 716. The minimum Gasteiger partial charge on any atom is -0.475 e. The van der Waals surface area contributed by atoms with Crippen molar-refractivity contribution in [2.75, 3.05) is 26.9 Å². The lowest BCUT2D eigenvalue weighted by molar-refractivity contribution is 0.0713. The Morgan fingerprint density at radius 3 is 3.04 bits per heavy atom. The number of pyridine rings is 1. The SMILES string of the molecule is COCCOc1ncccc1C(=O)N1CCC[C@@H]1Cn1cc(C)cn1. The van der Waals surface area contributed by atoms with Crippen LogP contribution in [-0.2, 0) is 11.3 Å². The minimum absolute atomic E-state index is 0.0353. The standard InChI is InChI=1S/C18H24N4O3/c1-14-11-20-21(12-14)13-15-5-4-8-22(15)18(23)16-6-3-7-19-17(16)25-10-9-24-2/h3,6-7,11-12,15H,4-5,8-10,13H2,1-2H3/t15-/m1/s1. The van der Waals surface area contributed by atoms with Crippen molar-refractivity contribution in [3.8, 4) is 5.88 Å². The first kappa shape index (κ1) is 17.4. The topological polar surface area (TPSA) is 69.5 Å². The van der Waals surface area contributed by atoms with Crippen LogP contribution in [0.1, 0.15) is 28.8 Å². The highest BCUT2D eigenvalue weighted by Crippen LogP contribution is 2.24. The van der Waals surface area contributed by atoms with Crippen LogP contribution in [0.15, 0.2) is 30.7 Å². The fourth-order valence-electron chi connectivity index (χ4n) is 3.12. The second-order valence-corrected chi connectivity index (χ2v) is 6.23. The minimum atomic E-state index is -0.0353. The van der Waals surface area contributed by atoms with Gasteiger partial charge in [0.25, 0.3) is 5.91 Å². The van der Waals surface area contributed by atoms with Gasteiger partial charge in [-0.2, -0.15) is 5.10 Å². The Morgan fingerprint density at radius 2 is 2.28 bits per heavy atom. The summed E-state index contributed by atoms with van der Waals surface area (Å²) in [5.41, 5.74) is 1.62. The van der Waals surface area contributed by atoms with Crippen LogP contribution in [0, 0.1) is 6.92 Å². The van der Waals surface area contributed by atoms with Gasteiger partial charge in [-0.1, -0.05) is 0 Å². The molecule has 1 fully saturated rings. The average molecular weight is 344 g/mol. The van der Waals surface area contributed by atoms with Gasteiger partial charge in [0, 0.05) is 26.0 Å². The molecule has 1 amide bonds. The first-order valence-corrected chi connectivity index (χ1v) is 8.56. The number of aromatic nitrogens is 3. The van der Waals surface area contributed by atoms with Crippen LogP contribution >= 0.6 is 0 Å². The van der Waals surface area contributed by atoms with Crippen LogP contribution in [0.5, 0.6) is 5.88 Å². The van der Waals surface area contributed by atoms with Crippen LogP contribution < -0.4 is 4.74 Å². The van der Waals surface area contributed by atoms with Gasteiger partial charge in [0.05, 0.1) is 25.4 Å². The number of nitrogens with zero attached hydrogens (tertiary/aromatic N) is 4. The molecule has 1 atom stereocenters. The number of carbonyl (C=O) groups is 1. The molecule has 2 aromatic rings. The Hall–Kier alpha value is -2.41. The summed E-state index contributed by atoms with van der Waals surface area (Å²) in [5, 5.41) is 4.34. The number of methoxy groups -OCH3 is 1. The molecule has 1 aliphatic heterocycles. The zero-order valence-electron chi connectivity index (χ0n) is 14.7. The second-order valence-electron chi connectivity index (χ2n) is 6.23. The lowest BCUT2D eigenvalue weighted by Gasteiger charge is -2.25. The lowest BCUT2D eigenvalue weighted by atomic mass is 10.2. The second kappa shape index (κ2) is 8.11. The van der Waals surface area contributed by atoms with E-state index in [4.69, 9.17) is 9.47 Å². The summed E-state index contributed by atoms with van der Waals surface area (Å²) in [6, 6.07) is 3.67. The van der Waals surface area contributed by atoms with Crippen molar-refractivity contribution in [3.63, 3.8) is 0 Å². The Balaban J connectivity index is 1.73. The molecule has 0 saturated carbocycles. The number of hydrogen-bond acceptors (Lipinski definition) is 5. The molecule has 0 radical (unpaired) electrons. The molecule has 3 rings (SSSR count). The molecule has 0 aliphatic carbocycles. The van der Waals surface area contributed by atoms with Crippen molar-refractivity contribution in [2.45, 2.75) is 32.4 Å². The zero-order chi connectivity index (χ0) is 17.6. The van der Waals surface area contributed by atoms with E-state index in [1.165, 1.54) is 0 Å². The van der Waals surface area contributed by atoms with Gasteiger partial charge in [0.1, 0.15) is 12.2 Å². The van der Waals surface area contributed by atoms with Crippen molar-refractivity contribution in [1.29, 1.82) is 0 Å². The predicted octanol–water partition coefficient (Wildman–Crippen LogP) is 1.92. The number of amides is 1. The van der Waals surface area contributed by atoms with Crippen LogP contribution in [-0.4, -0.2) is 58.5 Å². The van der Waals surface area contributed by atoms with Gasteiger partial charge in [-0.15, -0.1) is 0 Å². The highest BCUT2D eigenvalue weighted by molar-refractivity contribution is 5.96. The van der Waals surface area contributed by atoms with Crippen LogP contribution in [0.4, 0.5) is 0 Å². The molecule has 1 aliphatic rings. The van der Waals surface area contributed by atoms with E-state index in [2.05, 4.69) is 10.1 Å². The van der Waals surface area contributed by atoms with E-state index < -0.39 is 0 Å². The van der Waals surface area contributed by atoms with Crippen LogP contribution in [0.2, 0.25) is 0 Å². The first-order chi connectivity index (χ1) is 12.2. The number of likely N-dealkylation sites (tertiary alicyclic amines) is 1. The Labute approximate surface area is 147 Å². The van der Waals surface area contributed by atoms with Crippen molar-refractivity contribution in [2.24, 2.45) is 0 Å². The van der Waals surface area contributed by atoms with Gasteiger partial charge < -0.3 is 14.4 Å². The fourth-order valence-corrected chi connectivity index (χ4v) is 3.12. The van der Waals surface area contributed by atoms with Gasteiger partial charge >= 0.3 is 0 Å². The molecule has 0 bridgehead atoms. The molecule has 0 spiro atoms. The molecule has 0 unspecified atom stereocenters. The zero-order valence-corrected chi connectivity index (χ0v) is 14.7. The highest BCUT2D eigenvalue weighted by Gasteiger charge is 2.31. The molecule has 0 aromatic carbocycles. The Morgan fingerprint density at radius 1 is 1.40 bits per heavy atom. The van der Waals surface area contributed by atoms with E-state index >= 15 is 0 Å². The number of aryl methyl sites for hydroxylation is 1. The fraction of sp³-hybridized carbons (Fsp3) is 0.500. The largest absolute Gasteiger partial charge is 0.475 e. The maximum atomic E-state index is 13.1. The summed E-state index contributed by atoms with van der Waals surface area (Å²) in [5.74, 6) is 0.331. The molecule has 2 aromatic heterocycles. The Kier molecular flexibility index (Phi) is 5.65. The van der Waals surface area contributed by atoms with E-state index in [1.54, 1.807) is 25.4 Å². The maximum absolute atomic E-state index is 13.1. The summed E-state index contributed by atoms with van der Waals surface area (Å²) in [6.45, 7) is 4.29. The van der Waals surface area contributed by atoms with Crippen molar-refractivity contribution in [3.05, 3.63) is 41.9 Å². The maximum Gasteiger partial charge on any atom is 0.259 e. The van der Waals surface area contributed by atoms with E-state index in [0.717, 1.165) is 24.9 Å². The summed E-state index contributed by atoms with van der Waals surface area (Å²) in [6.07, 6.45) is 7.45. The third-order valence-corrected chi connectivity index (χ3v) is 4.33. The molecule has 1 saturated heterocycles. The van der Waals surface area contributed by atoms with Crippen molar-refractivity contribution in [1.82, 2.24) is 19.7 Å². The average Bonchev–Trinajstić information content (AvgIpc) is 3.24. The smallest absolute Gasteiger partial charge is 0.259 e. The number of carbonyl (C=O) groups excluding carboxylic acids is 1. The van der Waals surface area contributed by atoms with E-state index in [1.807, 2.05) is 28.9 Å². The van der Waals surface area contributed by atoms with Crippen LogP contribution in [0.25, 0.3) is 0 Å². The lowest BCUT2D eigenvalue weighted by Crippen LogP contribution is -2.38. The molecular formula is C18H24N4O3.